The summed E-state index contributed by atoms with van der Waals surface area (Å²) in [6.45, 7) is 20.6. The molecule has 1 aliphatic rings. The highest BCUT2D eigenvalue weighted by molar-refractivity contribution is 4.94. The summed E-state index contributed by atoms with van der Waals surface area (Å²) in [5.74, 6) is 4.16. The van der Waals surface area contributed by atoms with Crippen LogP contribution in [0.1, 0.15) is 61.8 Å². The maximum Gasteiger partial charge on any atom is 0.0154 e. The first kappa shape index (κ1) is 16.0. The lowest BCUT2D eigenvalue weighted by Gasteiger charge is -2.52. The first-order valence-electron chi connectivity index (χ1n) is 8.03. The molecule has 0 bridgehead atoms. The zero-order valence-corrected chi connectivity index (χ0v) is 13.9. The van der Waals surface area contributed by atoms with Gasteiger partial charge in [-0.3, -0.25) is 4.90 Å². The lowest BCUT2D eigenvalue weighted by molar-refractivity contribution is -0.0339. The lowest BCUT2D eigenvalue weighted by atomic mass is 9.66. The molecule has 1 nitrogen and oxygen atoms in total. The minimum atomic E-state index is 0.687. The Labute approximate surface area is 115 Å². The van der Waals surface area contributed by atoms with E-state index >= 15 is 0 Å². The predicted molar refractivity (Wildman–Crippen MR) is 81.7 cm³/mol. The van der Waals surface area contributed by atoms with Gasteiger partial charge < -0.3 is 0 Å². The van der Waals surface area contributed by atoms with Crippen molar-refractivity contribution in [2.24, 2.45) is 29.6 Å². The van der Waals surface area contributed by atoms with Crippen molar-refractivity contribution < 1.29 is 0 Å². The van der Waals surface area contributed by atoms with Gasteiger partial charge in [0.25, 0.3) is 0 Å². The average molecular weight is 253 g/mol. The van der Waals surface area contributed by atoms with Crippen molar-refractivity contribution in [1.82, 2.24) is 4.90 Å². The molecule has 0 aromatic rings. The Kier molecular flexibility index (Phi) is 5.70. The number of nitrogens with zero attached hydrogens (tertiary/aromatic N) is 1. The van der Waals surface area contributed by atoms with Crippen LogP contribution in [-0.4, -0.2) is 23.5 Å². The molecule has 0 aliphatic carbocycles. The third-order valence-corrected chi connectivity index (χ3v) is 4.96. The van der Waals surface area contributed by atoms with E-state index in [2.05, 4.69) is 60.3 Å². The van der Waals surface area contributed by atoms with Gasteiger partial charge in [-0.1, -0.05) is 41.5 Å². The first-order chi connectivity index (χ1) is 8.27. The van der Waals surface area contributed by atoms with Crippen LogP contribution in [0.4, 0.5) is 0 Å². The lowest BCUT2D eigenvalue weighted by Crippen LogP contribution is -2.56. The van der Waals surface area contributed by atoms with Crippen LogP contribution in [0.15, 0.2) is 0 Å². The van der Waals surface area contributed by atoms with Crippen LogP contribution in [0.5, 0.6) is 0 Å². The monoisotopic (exact) mass is 253 g/mol. The summed E-state index contributed by atoms with van der Waals surface area (Å²) in [4.78, 5) is 2.77. The Hall–Kier alpha value is -0.0400. The maximum absolute atomic E-state index is 2.77. The second kappa shape index (κ2) is 6.41. The summed E-state index contributed by atoms with van der Waals surface area (Å²) in [6, 6.07) is 1.46. The van der Waals surface area contributed by atoms with Crippen molar-refractivity contribution in [3.05, 3.63) is 0 Å². The van der Waals surface area contributed by atoms with Crippen LogP contribution >= 0.6 is 0 Å². The van der Waals surface area contributed by atoms with Crippen molar-refractivity contribution >= 4 is 0 Å². The molecule has 0 aromatic heterocycles. The Morgan fingerprint density at radius 3 is 1.67 bits per heavy atom. The second-order valence-electron chi connectivity index (χ2n) is 7.58. The predicted octanol–water partition coefficient (Wildman–Crippen LogP) is 4.67. The van der Waals surface area contributed by atoms with Gasteiger partial charge in [0.15, 0.2) is 0 Å². The van der Waals surface area contributed by atoms with Crippen molar-refractivity contribution in [2.45, 2.75) is 73.9 Å². The van der Waals surface area contributed by atoms with Gasteiger partial charge in [-0.25, -0.2) is 0 Å². The summed E-state index contributed by atoms with van der Waals surface area (Å²) in [6.07, 6.45) is 1.39. The van der Waals surface area contributed by atoms with E-state index in [0.29, 0.717) is 6.04 Å². The fourth-order valence-corrected chi connectivity index (χ4v) is 4.21. The largest absolute Gasteiger partial charge is 0.297 e. The van der Waals surface area contributed by atoms with E-state index in [9.17, 15) is 0 Å². The minimum absolute atomic E-state index is 0.687. The van der Waals surface area contributed by atoms with E-state index in [-0.39, 0.29) is 0 Å². The van der Waals surface area contributed by atoms with Gasteiger partial charge in [-0.05, 0) is 56.4 Å². The van der Waals surface area contributed by atoms with Crippen LogP contribution in [0.3, 0.4) is 0 Å². The fourth-order valence-electron chi connectivity index (χ4n) is 4.21. The van der Waals surface area contributed by atoms with Crippen molar-refractivity contribution in [2.75, 3.05) is 6.54 Å². The third-order valence-electron chi connectivity index (χ3n) is 4.96. The molecule has 0 saturated carbocycles. The molecule has 108 valence electrons. The molecule has 1 saturated heterocycles. The molecule has 0 aromatic carbocycles. The van der Waals surface area contributed by atoms with E-state index in [1.165, 1.54) is 13.0 Å². The van der Waals surface area contributed by atoms with Crippen LogP contribution < -0.4 is 0 Å². The zero-order chi connectivity index (χ0) is 14.0. The minimum Gasteiger partial charge on any atom is -0.297 e. The molecule has 1 rings (SSSR count). The Morgan fingerprint density at radius 2 is 1.33 bits per heavy atom. The van der Waals surface area contributed by atoms with Gasteiger partial charge in [-0.15, -0.1) is 0 Å². The summed E-state index contributed by atoms with van der Waals surface area (Å²) in [7, 11) is 0. The van der Waals surface area contributed by atoms with E-state index in [0.717, 1.165) is 35.6 Å². The molecule has 1 heterocycles. The first-order valence-corrected chi connectivity index (χ1v) is 8.03. The molecule has 0 radical (unpaired) electrons. The summed E-state index contributed by atoms with van der Waals surface area (Å²) >= 11 is 0. The van der Waals surface area contributed by atoms with E-state index in [4.69, 9.17) is 0 Å². The molecule has 0 spiro atoms. The number of rotatable bonds is 4. The highest BCUT2D eigenvalue weighted by atomic mass is 15.2. The average Bonchev–Trinajstić information content (AvgIpc) is 2.26. The molecule has 18 heavy (non-hydrogen) atoms. The van der Waals surface area contributed by atoms with Gasteiger partial charge in [0.1, 0.15) is 0 Å². The van der Waals surface area contributed by atoms with E-state index in [1.54, 1.807) is 0 Å². The zero-order valence-electron chi connectivity index (χ0n) is 13.9. The van der Waals surface area contributed by atoms with Crippen molar-refractivity contribution in [3.8, 4) is 0 Å². The molecule has 1 heteroatoms. The Morgan fingerprint density at radius 1 is 0.778 bits per heavy atom. The van der Waals surface area contributed by atoms with Crippen molar-refractivity contribution in [1.29, 1.82) is 0 Å². The highest BCUT2D eigenvalue weighted by Gasteiger charge is 2.42. The van der Waals surface area contributed by atoms with Gasteiger partial charge in [-0.2, -0.15) is 0 Å². The molecule has 3 unspecified atom stereocenters. The molecule has 1 aliphatic heterocycles. The third kappa shape index (κ3) is 3.29. The van der Waals surface area contributed by atoms with Gasteiger partial charge >= 0.3 is 0 Å². The summed E-state index contributed by atoms with van der Waals surface area (Å²) < 4.78 is 0. The SMILES string of the molecule is CC(C)C1CCN(C(C)C)C(C(C)C)C1C(C)C. The standard InChI is InChI=1S/C17H35N/c1-11(2)15-9-10-18(14(7)8)17(13(5)6)16(15)12(3)4/h11-17H,9-10H2,1-8H3. The van der Waals surface area contributed by atoms with Gasteiger partial charge in [0.2, 0.25) is 0 Å². The quantitative estimate of drug-likeness (QED) is 0.704. The van der Waals surface area contributed by atoms with Gasteiger partial charge in [0.05, 0.1) is 0 Å². The molecule has 3 atom stereocenters. The number of hydrogen-bond donors (Lipinski definition) is 0. The molecular formula is C17H35N. The van der Waals surface area contributed by atoms with Gasteiger partial charge in [0, 0.05) is 12.1 Å². The van der Waals surface area contributed by atoms with E-state index in [1.807, 2.05) is 0 Å². The molecule has 1 fully saturated rings. The summed E-state index contributed by atoms with van der Waals surface area (Å²) in [5.41, 5.74) is 0. The van der Waals surface area contributed by atoms with E-state index < -0.39 is 0 Å². The number of piperidine rings is 1. The highest BCUT2D eigenvalue weighted by Crippen LogP contribution is 2.41. The smallest absolute Gasteiger partial charge is 0.0154 e. The molecule has 0 amide bonds. The maximum atomic E-state index is 2.77. The van der Waals surface area contributed by atoms with Crippen LogP contribution in [0.2, 0.25) is 0 Å². The second-order valence-corrected chi connectivity index (χ2v) is 7.58. The number of hydrogen-bond acceptors (Lipinski definition) is 1. The summed E-state index contributed by atoms with van der Waals surface area (Å²) in [5, 5.41) is 0. The van der Waals surface area contributed by atoms with Crippen LogP contribution in [0.25, 0.3) is 0 Å². The van der Waals surface area contributed by atoms with Crippen LogP contribution in [0, 0.1) is 29.6 Å². The fraction of sp³-hybridized carbons (Fsp3) is 1.00. The molecule has 0 N–H and O–H groups in total. The number of likely N-dealkylation sites (tertiary alicyclic amines) is 1. The van der Waals surface area contributed by atoms with Crippen molar-refractivity contribution in [3.63, 3.8) is 0 Å². The van der Waals surface area contributed by atoms with Crippen LogP contribution in [-0.2, 0) is 0 Å². The Bertz CT molecular complexity index is 216. The molecular weight excluding hydrogens is 218 g/mol. The normalized spacial score (nSPS) is 31.0. The topological polar surface area (TPSA) is 3.24 Å². The Balaban J connectivity index is 3.02.